The zero-order valence-corrected chi connectivity index (χ0v) is 7.35. The maximum atomic E-state index is 10.9. The fraction of sp³-hybridized carbons (Fsp3) is 0.143. The summed E-state index contributed by atoms with van der Waals surface area (Å²) in [5, 5.41) is 6.92. The topological polar surface area (TPSA) is 121 Å². The van der Waals surface area contributed by atoms with Gasteiger partial charge in [-0.25, -0.2) is 4.79 Å². The summed E-state index contributed by atoms with van der Waals surface area (Å²) in [5.41, 5.74) is 10.3. The first-order valence-electron chi connectivity index (χ1n) is 3.61. The van der Waals surface area contributed by atoms with Crippen LogP contribution in [0, 0.1) is 6.92 Å². The summed E-state index contributed by atoms with van der Waals surface area (Å²) in [6.45, 7) is 1.59. The van der Waals surface area contributed by atoms with Crippen molar-refractivity contribution in [2.45, 2.75) is 6.92 Å². The van der Waals surface area contributed by atoms with Gasteiger partial charge in [-0.15, -0.1) is 5.10 Å². The minimum atomic E-state index is -1.08. The van der Waals surface area contributed by atoms with Crippen LogP contribution in [0.1, 0.15) is 15.9 Å². The fourth-order valence-corrected chi connectivity index (χ4v) is 0.918. The van der Waals surface area contributed by atoms with E-state index in [1.807, 2.05) is 0 Å². The van der Waals surface area contributed by atoms with Gasteiger partial charge in [0.05, 0.1) is 6.20 Å². The minimum absolute atomic E-state index is 0.00111. The monoisotopic (exact) mass is 196 g/mol. The van der Waals surface area contributed by atoms with Crippen molar-refractivity contribution in [1.82, 2.24) is 10.2 Å². The second-order valence-electron chi connectivity index (χ2n) is 2.49. The summed E-state index contributed by atoms with van der Waals surface area (Å²) in [6.07, 6.45) is 0.251. The van der Waals surface area contributed by atoms with Gasteiger partial charge in [0, 0.05) is 0 Å². The van der Waals surface area contributed by atoms with Crippen molar-refractivity contribution >= 4 is 12.0 Å². The Bertz CT molecular complexity index is 391. The standard InChI is InChI=1S/C7H8N4O3/c1-3-2-10-11-6(14-7(9)13)4(3)5(8)12/h2H,1H3,(H2,8,12)(H2,9,13). The summed E-state index contributed by atoms with van der Waals surface area (Å²) >= 11 is 0. The lowest BCUT2D eigenvalue weighted by Gasteiger charge is -2.05. The van der Waals surface area contributed by atoms with Crippen molar-refractivity contribution in [1.29, 1.82) is 0 Å². The number of ether oxygens (including phenoxy) is 1. The summed E-state index contributed by atoms with van der Waals surface area (Å²) in [6, 6.07) is 0. The van der Waals surface area contributed by atoms with E-state index in [0.29, 0.717) is 5.56 Å². The highest BCUT2D eigenvalue weighted by Gasteiger charge is 2.16. The van der Waals surface area contributed by atoms with Gasteiger partial charge in [0.1, 0.15) is 5.56 Å². The normalized spacial score (nSPS) is 9.50. The second-order valence-corrected chi connectivity index (χ2v) is 2.49. The number of nitrogens with two attached hydrogens (primary N) is 2. The molecule has 14 heavy (non-hydrogen) atoms. The number of hydrogen-bond donors (Lipinski definition) is 2. The molecular weight excluding hydrogens is 188 g/mol. The molecule has 0 saturated carbocycles. The van der Waals surface area contributed by atoms with E-state index in [0.717, 1.165) is 0 Å². The Labute approximate surface area is 79.1 Å². The molecule has 74 valence electrons. The van der Waals surface area contributed by atoms with Crippen LogP contribution in [-0.4, -0.2) is 22.2 Å². The van der Waals surface area contributed by atoms with E-state index in [1.54, 1.807) is 6.92 Å². The first-order chi connectivity index (χ1) is 6.52. The predicted molar refractivity (Wildman–Crippen MR) is 45.5 cm³/mol. The molecule has 1 aromatic rings. The molecule has 0 atom stereocenters. The highest BCUT2D eigenvalue weighted by molar-refractivity contribution is 5.96. The van der Waals surface area contributed by atoms with E-state index in [2.05, 4.69) is 14.9 Å². The average molecular weight is 196 g/mol. The van der Waals surface area contributed by atoms with Gasteiger partial charge in [0.2, 0.25) is 0 Å². The molecular formula is C7H8N4O3. The molecule has 1 rings (SSSR count). The number of aromatic nitrogens is 2. The van der Waals surface area contributed by atoms with Crippen LogP contribution in [-0.2, 0) is 0 Å². The smallest absolute Gasteiger partial charge is 0.389 e. The van der Waals surface area contributed by atoms with Crippen molar-refractivity contribution in [3.05, 3.63) is 17.3 Å². The summed E-state index contributed by atoms with van der Waals surface area (Å²) in [4.78, 5) is 21.4. The molecule has 4 N–H and O–H groups in total. The summed E-state index contributed by atoms with van der Waals surface area (Å²) in [5.74, 6) is -1.03. The zero-order valence-electron chi connectivity index (χ0n) is 7.35. The largest absolute Gasteiger partial charge is 0.411 e. The highest BCUT2D eigenvalue weighted by Crippen LogP contribution is 2.16. The van der Waals surface area contributed by atoms with Crippen LogP contribution in [0.5, 0.6) is 5.88 Å². The number of amides is 2. The number of aryl methyl sites for hydroxylation is 1. The van der Waals surface area contributed by atoms with Crippen LogP contribution in [0.4, 0.5) is 4.79 Å². The van der Waals surface area contributed by atoms with Crippen LogP contribution in [0.15, 0.2) is 6.20 Å². The lowest BCUT2D eigenvalue weighted by Crippen LogP contribution is -2.22. The van der Waals surface area contributed by atoms with E-state index < -0.39 is 12.0 Å². The summed E-state index contributed by atoms with van der Waals surface area (Å²) in [7, 11) is 0. The van der Waals surface area contributed by atoms with Crippen molar-refractivity contribution in [2.75, 3.05) is 0 Å². The molecule has 1 aromatic heterocycles. The molecule has 7 nitrogen and oxygen atoms in total. The quantitative estimate of drug-likeness (QED) is 0.650. The average Bonchev–Trinajstić information content (AvgIpc) is 2.01. The van der Waals surface area contributed by atoms with E-state index >= 15 is 0 Å². The SMILES string of the molecule is Cc1cnnc(OC(N)=O)c1C(N)=O. The number of primary amides is 2. The van der Waals surface area contributed by atoms with Crippen LogP contribution < -0.4 is 16.2 Å². The molecule has 0 aromatic carbocycles. The van der Waals surface area contributed by atoms with Crippen molar-refractivity contribution < 1.29 is 14.3 Å². The van der Waals surface area contributed by atoms with Crippen molar-refractivity contribution in [3.8, 4) is 5.88 Å². The first kappa shape index (κ1) is 9.90. The second kappa shape index (κ2) is 3.69. The predicted octanol–water partition coefficient (Wildman–Crippen LogP) is -0.659. The Morgan fingerprint density at radius 1 is 1.43 bits per heavy atom. The van der Waals surface area contributed by atoms with Gasteiger partial charge in [-0.2, -0.15) is 5.10 Å². The number of nitrogens with zero attached hydrogens (tertiary/aromatic N) is 2. The third-order valence-corrected chi connectivity index (χ3v) is 1.45. The maximum Gasteiger partial charge on any atom is 0.411 e. The lowest BCUT2D eigenvalue weighted by molar-refractivity contribution is 0.0996. The number of hydrogen-bond acceptors (Lipinski definition) is 5. The molecule has 0 aliphatic carbocycles. The number of carbonyl (C=O) groups excluding carboxylic acids is 2. The summed E-state index contributed by atoms with van der Waals surface area (Å²) < 4.78 is 4.45. The van der Waals surface area contributed by atoms with Crippen molar-refractivity contribution in [2.24, 2.45) is 11.5 Å². The fourth-order valence-electron chi connectivity index (χ4n) is 0.918. The van der Waals surface area contributed by atoms with Gasteiger partial charge in [-0.3, -0.25) is 4.79 Å². The number of rotatable bonds is 2. The number of carbonyl (C=O) groups is 2. The Hall–Kier alpha value is -2.18. The molecule has 0 fully saturated rings. The lowest BCUT2D eigenvalue weighted by atomic mass is 10.2. The van der Waals surface area contributed by atoms with Crippen LogP contribution in [0.25, 0.3) is 0 Å². The maximum absolute atomic E-state index is 10.9. The third-order valence-electron chi connectivity index (χ3n) is 1.45. The third kappa shape index (κ3) is 1.94. The van der Waals surface area contributed by atoms with Crippen LogP contribution >= 0.6 is 0 Å². The molecule has 7 heteroatoms. The Balaban J connectivity index is 3.21. The molecule has 0 aliphatic heterocycles. The van der Waals surface area contributed by atoms with Gasteiger partial charge in [0.25, 0.3) is 11.8 Å². The van der Waals surface area contributed by atoms with E-state index in [9.17, 15) is 9.59 Å². The van der Waals surface area contributed by atoms with E-state index in [4.69, 9.17) is 11.5 Å². The van der Waals surface area contributed by atoms with Crippen LogP contribution in [0.3, 0.4) is 0 Å². The van der Waals surface area contributed by atoms with Crippen molar-refractivity contribution in [3.63, 3.8) is 0 Å². The molecule has 0 bridgehead atoms. The molecule has 0 unspecified atom stereocenters. The van der Waals surface area contributed by atoms with Gasteiger partial charge in [-0.05, 0) is 12.5 Å². The zero-order chi connectivity index (χ0) is 10.7. The molecule has 0 aliphatic rings. The van der Waals surface area contributed by atoms with Gasteiger partial charge in [0.15, 0.2) is 0 Å². The minimum Gasteiger partial charge on any atom is -0.389 e. The van der Waals surface area contributed by atoms with Gasteiger partial charge >= 0.3 is 6.09 Å². The Kier molecular flexibility index (Phi) is 2.61. The molecule has 0 radical (unpaired) electrons. The van der Waals surface area contributed by atoms with E-state index in [-0.39, 0.29) is 11.4 Å². The Morgan fingerprint density at radius 2 is 2.07 bits per heavy atom. The highest BCUT2D eigenvalue weighted by atomic mass is 16.6. The molecule has 0 spiro atoms. The molecule has 2 amide bonds. The van der Waals surface area contributed by atoms with E-state index in [1.165, 1.54) is 6.20 Å². The molecule has 0 saturated heterocycles. The van der Waals surface area contributed by atoms with Gasteiger partial charge in [-0.1, -0.05) is 0 Å². The first-order valence-corrected chi connectivity index (χ1v) is 3.61. The van der Waals surface area contributed by atoms with Crippen LogP contribution in [0.2, 0.25) is 0 Å². The van der Waals surface area contributed by atoms with Gasteiger partial charge < -0.3 is 16.2 Å². The molecule has 1 heterocycles. The Morgan fingerprint density at radius 3 is 2.57 bits per heavy atom.